The molecule has 0 unspecified atom stereocenters. The average Bonchev–Trinajstić information content (AvgIpc) is 3.52. The fourth-order valence-corrected chi connectivity index (χ4v) is 3.54. The van der Waals surface area contributed by atoms with Crippen LogP contribution in [0.2, 0.25) is 0 Å². The zero-order chi connectivity index (χ0) is 22.7. The first-order valence-electron chi connectivity index (χ1n) is 11.0. The summed E-state index contributed by atoms with van der Waals surface area (Å²) in [6.07, 6.45) is 6.84. The third-order valence-corrected chi connectivity index (χ3v) is 5.51. The quantitative estimate of drug-likeness (QED) is 0.555. The van der Waals surface area contributed by atoms with Gasteiger partial charge in [-0.1, -0.05) is 6.92 Å². The lowest BCUT2D eigenvalue weighted by molar-refractivity contribution is -0.129. The van der Waals surface area contributed by atoms with Crippen LogP contribution in [0.5, 0.6) is 0 Å². The molecule has 9 heteroatoms. The normalized spacial score (nSPS) is 13.2. The topological polar surface area (TPSA) is 96.2 Å². The minimum atomic E-state index is -0.286. The predicted octanol–water partition coefficient (Wildman–Crippen LogP) is 2.79. The summed E-state index contributed by atoms with van der Waals surface area (Å²) in [5, 5.41) is 8.06. The van der Waals surface area contributed by atoms with E-state index >= 15 is 0 Å². The number of anilines is 2. The van der Waals surface area contributed by atoms with Crippen LogP contribution in [-0.4, -0.2) is 63.6 Å². The van der Waals surface area contributed by atoms with Gasteiger partial charge in [0.05, 0.1) is 11.7 Å². The van der Waals surface area contributed by atoms with Gasteiger partial charge >= 0.3 is 0 Å². The number of rotatable bonds is 9. The van der Waals surface area contributed by atoms with Gasteiger partial charge in [-0.25, -0.2) is 9.97 Å². The third kappa shape index (κ3) is 5.04. The monoisotopic (exact) mass is 435 g/mol. The first kappa shape index (κ1) is 21.7. The maximum atomic E-state index is 12.9. The van der Waals surface area contributed by atoms with Gasteiger partial charge in [-0.15, -0.1) is 0 Å². The Balaban J connectivity index is 1.48. The average molecular weight is 436 g/mol. The van der Waals surface area contributed by atoms with Gasteiger partial charge in [0.25, 0.3) is 5.91 Å². The van der Waals surface area contributed by atoms with Crippen LogP contribution < -0.4 is 10.2 Å². The molecule has 1 aliphatic rings. The van der Waals surface area contributed by atoms with Crippen LogP contribution >= 0.6 is 0 Å². The summed E-state index contributed by atoms with van der Waals surface area (Å²) in [6.45, 7) is 4.11. The maximum Gasteiger partial charge on any atom is 0.274 e. The molecule has 0 spiro atoms. The van der Waals surface area contributed by atoms with Crippen molar-refractivity contribution in [2.45, 2.75) is 32.7 Å². The summed E-state index contributed by atoms with van der Waals surface area (Å²) in [7, 11) is 3.43. The zero-order valence-corrected chi connectivity index (χ0v) is 18.8. The molecule has 4 rings (SSSR count). The minimum Gasteiger partial charge on any atom is -0.347 e. The second-order valence-electron chi connectivity index (χ2n) is 8.45. The van der Waals surface area contributed by atoms with Gasteiger partial charge in [-0.3, -0.25) is 14.3 Å². The van der Waals surface area contributed by atoms with Crippen molar-refractivity contribution in [3.05, 3.63) is 42.4 Å². The lowest BCUT2D eigenvalue weighted by Crippen LogP contribution is -2.29. The third-order valence-electron chi connectivity index (χ3n) is 5.51. The van der Waals surface area contributed by atoms with Crippen LogP contribution in [0.1, 0.15) is 36.7 Å². The van der Waals surface area contributed by atoms with E-state index in [-0.39, 0.29) is 18.4 Å². The summed E-state index contributed by atoms with van der Waals surface area (Å²) in [4.78, 5) is 37.5. The Labute approximate surface area is 187 Å². The molecule has 1 aliphatic carbocycles. The number of carbonyl (C=O) groups excluding carboxylic acids is 2. The SMILES string of the molecule is CCCN(CC1CC1)c1nccc(C(=O)Nc2ccc3c(cnn3CC(=O)N(C)C)c2)n1. The van der Waals surface area contributed by atoms with E-state index in [1.807, 2.05) is 12.1 Å². The molecular formula is C23H29N7O2. The van der Waals surface area contributed by atoms with Crippen molar-refractivity contribution >= 4 is 34.4 Å². The minimum absolute atomic E-state index is 0.0363. The summed E-state index contributed by atoms with van der Waals surface area (Å²) >= 11 is 0. The largest absolute Gasteiger partial charge is 0.347 e. The van der Waals surface area contributed by atoms with E-state index in [1.54, 1.807) is 43.3 Å². The summed E-state index contributed by atoms with van der Waals surface area (Å²) in [5.41, 5.74) is 1.81. The van der Waals surface area contributed by atoms with Gasteiger partial charge in [-0.2, -0.15) is 5.10 Å². The van der Waals surface area contributed by atoms with Gasteiger partial charge in [0, 0.05) is 44.5 Å². The molecule has 0 aliphatic heterocycles. The van der Waals surface area contributed by atoms with Gasteiger partial charge in [-0.05, 0) is 49.4 Å². The number of nitrogens with zero attached hydrogens (tertiary/aromatic N) is 6. The van der Waals surface area contributed by atoms with Crippen LogP contribution in [0.15, 0.2) is 36.7 Å². The molecule has 9 nitrogen and oxygen atoms in total. The molecule has 1 saturated carbocycles. The summed E-state index contributed by atoms with van der Waals surface area (Å²) in [6, 6.07) is 7.13. The molecule has 0 saturated heterocycles. The van der Waals surface area contributed by atoms with Crippen molar-refractivity contribution < 1.29 is 9.59 Å². The second-order valence-corrected chi connectivity index (χ2v) is 8.45. The number of benzene rings is 1. The molecule has 32 heavy (non-hydrogen) atoms. The van der Waals surface area contributed by atoms with Crippen molar-refractivity contribution in [2.75, 3.05) is 37.4 Å². The molecule has 2 heterocycles. The molecule has 1 fully saturated rings. The van der Waals surface area contributed by atoms with Crippen molar-refractivity contribution in [3.63, 3.8) is 0 Å². The fraction of sp³-hybridized carbons (Fsp3) is 0.435. The van der Waals surface area contributed by atoms with Gasteiger partial charge in [0.1, 0.15) is 12.2 Å². The Hall–Kier alpha value is -3.49. The summed E-state index contributed by atoms with van der Waals surface area (Å²) in [5.74, 6) is 0.994. The molecule has 0 bridgehead atoms. The van der Waals surface area contributed by atoms with Gasteiger partial charge in [0.2, 0.25) is 11.9 Å². The van der Waals surface area contributed by atoms with E-state index in [0.717, 1.165) is 30.4 Å². The standard InChI is InChI=1S/C23H29N7O2/c1-4-11-29(14-16-5-6-16)23-24-10-9-19(27-23)22(32)26-18-7-8-20-17(12-18)13-25-30(20)15-21(31)28(2)3/h7-10,12-13,16H,4-6,11,14-15H2,1-3H3,(H,26,32). The maximum absolute atomic E-state index is 12.9. The van der Waals surface area contributed by atoms with Crippen molar-refractivity contribution in [1.82, 2.24) is 24.6 Å². The Morgan fingerprint density at radius 2 is 2.03 bits per heavy atom. The van der Waals surface area contributed by atoms with E-state index in [1.165, 1.54) is 17.7 Å². The highest BCUT2D eigenvalue weighted by atomic mass is 16.2. The van der Waals surface area contributed by atoms with Crippen molar-refractivity contribution in [2.24, 2.45) is 5.92 Å². The van der Waals surface area contributed by atoms with Crippen molar-refractivity contribution in [1.29, 1.82) is 0 Å². The Kier molecular flexibility index (Phi) is 6.34. The van der Waals surface area contributed by atoms with E-state index in [0.29, 0.717) is 23.2 Å². The highest BCUT2D eigenvalue weighted by molar-refractivity contribution is 6.04. The Morgan fingerprint density at radius 3 is 2.75 bits per heavy atom. The van der Waals surface area contributed by atoms with Crippen LogP contribution in [0.3, 0.4) is 0 Å². The molecule has 3 aromatic rings. The molecule has 1 N–H and O–H groups in total. The van der Waals surface area contributed by atoms with E-state index in [2.05, 4.69) is 32.2 Å². The highest BCUT2D eigenvalue weighted by Crippen LogP contribution is 2.30. The molecule has 1 aromatic carbocycles. The van der Waals surface area contributed by atoms with Gasteiger partial charge in [0.15, 0.2) is 0 Å². The molecule has 2 aromatic heterocycles. The molecule has 0 atom stereocenters. The zero-order valence-electron chi connectivity index (χ0n) is 18.8. The number of hydrogen-bond donors (Lipinski definition) is 1. The van der Waals surface area contributed by atoms with Crippen LogP contribution in [0.25, 0.3) is 10.9 Å². The van der Waals surface area contributed by atoms with E-state index < -0.39 is 0 Å². The molecule has 168 valence electrons. The van der Waals surface area contributed by atoms with Crippen LogP contribution in [0, 0.1) is 5.92 Å². The summed E-state index contributed by atoms with van der Waals surface area (Å²) < 4.78 is 1.65. The number of fused-ring (bicyclic) bond motifs is 1. The highest BCUT2D eigenvalue weighted by Gasteiger charge is 2.25. The van der Waals surface area contributed by atoms with Gasteiger partial charge < -0.3 is 15.1 Å². The number of carbonyl (C=O) groups is 2. The number of nitrogens with one attached hydrogen (secondary N) is 1. The van der Waals surface area contributed by atoms with Crippen LogP contribution in [-0.2, 0) is 11.3 Å². The smallest absolute Gasteiger partial charge is 0.274 e. The molecule has 0 radical (unpaired) electrons. The lowest BCUT2D eigenvalue weighted by atomic mass is 10.2. The van der Waals surface area contributed by atoms with E-state index in [4.69, 9.17) is 0 Å². The Morgan fingerprint density at radius 1 is 1.22 bits per heavy atom. The number of aromatic nitrogens is 4. The number of amides is 2. The van der Waals surface area contributed by atoms with E-state index in [9.17, 15) is 9.59 Å². The van der Waals surface area contributed by atoms with Crippen molar-refractivity contribution in [3.8, 4) is 0 Å². The molecule has 2 amide bonds. The first-order valence-corrected chi connectivity index (χ1v) is 11.0. The fourth-order valence-electron chi connectivity index (χ4n) is 3.54. The number of hydrogen-bond acceptors (Lipinski definition) is 6. The van der Waals surface area contributed by atoms with Crippen LogP contribution in [0.4, 0.5) is 11.6 Å². The number of likely N-dealkylation sites (N-methyl/N-ethyl adjacent to an activating group) is 1. The first-order chi connectivity index (χ1) is 15.4. The Bertz CT molecular complexity index is 1120. The second kappa shape index (κ2) is 9.33. The predicted molar refractivity (Wildman–Crippen MR) is 124 cm³/mol. The lowest BCUT2D eigenvalue weighted by Gasteiger charge is -2.22. The molecular weight excluding hydrogens is 406 g/mol.